The number of thiophene rings is 1. The van der Waals surface area contributed by atoms with Gasteiger partial charge in [0.2, 0.25) is 0 Å². The molecule has 0 radical (unpaired) electrons. The Morgan fingerprint density at radius 3 is 2.75 bits per heavy atom. The highest BCUT2D eigenvalue weighted by molar-refractivity contribution is 7.12. The third-order valence-electron chi connectivity index (χ3n) is 2.90. The highest BCUT2D eigenvalue weighted by Gasteiger charge is 2.31. The average molecular weight is 235 g/mol. The van der Waals surface area contributed by atoms with Crippen molar-refractivity contribution in [2.45, 2.75) is 38.7 Å². The number of rotatable bonds is 1. The Hall–Kier alpha value is -0.850. The summed E-state index contributed by atoms with van der Waals surface area (Å²) in [4.78, 5) is 2.56. The van der Waals surface area contributed by atoms with Gasteiger partial charge in [-0.3, -0.25) is 0 Å². The molecule has 0 aromatic carbocycles. The van der Waals surface area contributed by atoms with Crippen LogP contribution in [-0.4, -0.2) is 6.61 Å². The van der Waals surface area contributed by atoms with E-state index in [4.69, 9.17) is 10.00 Å². The molecule has 0 aliphatic carbocycles. The van der Waals surface area contributed by atoms with Crippen LogP contribution in [0.3, 0.4) is 0 Å². The topological polar surface area (TPSA) is 33.0 Å². The molecule has 2 heterocycles. The molecular weight excluding hydrogens is 218 g/mol. The number of hydrogen-bond acceptors (Lipinski definition) is 3. The predicted molar refractivity (Wildman–Crippen MR) is 65.4 cm³/mol. The summed E-state index contributed by atoms with van der Waals surface area (Å²) in [6.45, 7) is 7.34. The van der Waals surface area contributed by atoms with Gasteiger partial charge in [-0.2, -0.15) is 5.26 Å². The summed E-state index contributed by atoms with van der Waals surface area (Å²) in [5.41, 5.74) is 0.184. The van der Waals surface area contributed by atoms with E-state index >= 15 is 0 Å². The number of nitriles is 1. The molecule has 1 fully saturated rings. The van der Waals surface area contributed by atoms with E-state index in [0.29, 0.717) is 6.61 Å². The van der Waals surface area contributed by atoms with E-state index in [2.05, 4.69) is 39.0 Å². The Morgan fingerprint density at radius 1 is 1.44 bits per heavy atom. The van der Waals surface area contributed by atoms with Crippen molar-refractivity contribution in [2.75, 3.05) is 6.61 Å². The lowest BCUT2D eigenvalue weighted by Gasteiger charge is -2.16. The van der Waals surface area contributed by atoms with Crippen molar-refractivity contribution < 1.29 is 4.74 Å². The Morgan fingerprint density at radius 2 is 2.19 bits per heavy atom. The van der Waals surface area contributed by atoms with Gasteiger partial charge in [0.05, 0.1) is 12.0 Å². The molecule has 2 atom stereocenters. The van der Waals surface area contributed by atoms with Crippen LogP contribution >= 0.6 is 11.3 Å². The second-order valence-corrected chi connectivity index (χ2v) is 6.38. The summed E-state index contributed by atoms with van der Waals surface area (Å²) in [6.07, 6.45) is 0.871. The molecule has 1 aromatic rings. The molecule has 1 aromatic heterocycles. The van der Waals surface area contributed by atoms with Gasteiger partial charge in [-0.1, -0.05) is 20.8 Å². The molecule has 0 bridgehead atoms. The number of ether oxygens (including phenoxy) is 1. The normalized spacial score (nSPS) is 25.6. The fourth-order valence-electron chi connectivity index (χ4n) is 1.91. The van der Waals surface area contributed by atoms with Crippen molar-refractivity contribution in [3.8, 4) is 6.07 Å². The van der Waals surface area contributed by atoms with E-state index in [0.717, 1.165) is 6.42 Å². The van der Waals surface area contributed by atoms with Crippen LogP contribution in [0.25, 0.3) is 0 Å². The van der Waals surface area contributed by atoms with Gasteiger partial charge >= 0.3 is 0 Å². The van der Waals surface area contributed by atoms with Crippen molar-refractivity contribution in [3.63, 3.8) is 0 Å². The molecule has 2 rings (SSSR count). The van der Waals surface area contributed by atoms with Crippen molar-refractivity contribution in [2.24, 2.45) is 5.92 Å². The standard InChI is InChI=1S/C13H17NOS/c1-13(2,3)11-5-4-10(16-11)12-9(8-14)6-7-15-12/h4-5,9,12H,6-7H2,1-3H3. The minimum atomic E-state index is 0.00565. The van der Waals surface area contributed by atoms with Crippen LogP contribution < -0.4 is 0 Å². The van der Waals surface area contributed by atoms with Gasteiger partial charge in [-0.25, -0.2) is 0 Å². The summed E-state index contributed by atoms with van der Waals surface area (Å²) < 4.78 is 5.66. The van der Waals surface area contributed by atoms with Crippen LogP contribution in [0.2, 0.25) is 0 Å². The zero-order valence-electron chi connectivity index (χ0n) is 9.99. The zero-order chi connectivity index (χ0) is 11.8. The van der Waals surface area contributed by atoms with E-state index in [1.54, 1.807) is 11.3 Å². The largest absolute Gasteiger partial charge is 0.371 e. The van der Waals surface area contributed by atoms with E-state index in [9.17, 15) is 0 Å². The summed E-state index contributed by atoms with van der Waals surface area (Å²) in [5.74, 6) is 0.0338. The molecule has 0 saturated carbocycles. The molecule has 2 unspecified atom stereocenters. The first-order valence-corrected chi connectivity index (χ1v) is 6.45. The molecule has 0 spiro atoms. The molecule has 16 heavy (non-hydrogen) atoms. The lowest BCUT2D eigenvalue weighted by atomic mass is 9.95. The van der Waals surface area contributed by atoms with Gasteiger partial charge in [-0.15, -0.1) is 11.3 Å². The van der Waals surface area contributed by atoms with E-state index in [-0.39, 0.29) is 17.4 Å². The molecular formula is C13H17NOS. The maximum atomic E-state index is 9.04. The highest BCUT2D eigenvalue weighted by Crippen LogP contribution is 2.40. The van der Waals surface area contributed by atoms with Crippen LogP contribution in [0.15, 0.2) is 12.1 Å². The van der Waals surface area contributed by atoms with Crippen LogP contribution in [0.1, 0.15) is 43.1 Å². The Kier molecular flexibility index (Phi) is 3.05. The fraction of sp³-hybridized carbons (Fsp3) is 0.615. The average Bonchev–Trinajstić information content (AvgIpc) is 2.84. The smallest absolute Gasteiger partial charge is 0.107 e. The quantitative estimate of drug-likeness (QED) is 0.744. The first-order chi connectivity index (χ1) is 7.52. The second-order valence-electron chi connectivity index (χ2n) is 5.27. The van der Waals surface area contributed by atoms with Crippen LogP contribution in [0, 0.1) is 17.2 Å². The minimum absolute atomic E-state index is 0.00565. The molecule has 3 heteroatoms. The minimum Gasteiger partial charge on any atom is -0.371 e. The van der Waals surface area contributed by atoms with Crippen LogP contribution in [-0.2, 0) is 10.2 Å². The van der Waals surface area contributed by atoms with Crippen molar-refractivity contribution in [3.05, 3.63) is 21.9 Å². The second kappa shape index (κ2) is 4.20. The molecule has 1 saturated heterocycles. The first kappa shape index (κ1) is 11.6. The lowest BCUT2D eigenvalue weighted by Crippen LogP contribution is -2.08. The van der Waals surface area contributed by atoms with Crippen molar-refractivity contribution in [1.82, 2.24) is 0 Å². The van der Waals surface area contributed by atoms with Crippen molar-refractivity contribution in [1.29, 1.82) is 5.26 Å². The molecule has 2 nitrogen and oxygen atoms in total. The zero-order valence-corrected chi connectivity index (χ0v) is 10.8. The fourth-order valence-corrected chi connectivity index (χ4v) is 3.09. The van der Waals surface area contributed by atoms with E-state index in [1.807, 2.05) is 0 Å². The summed E-state index contributed by atoms with van der Waals surface area (Å²) in [6, 6.07) is 6.62. The van der Waals surface area contributed by atoms with Gasteiger partial charge in [0.25, 0.3) is 0 Å². The van der Waals surface area contributed by atoms with Gasteiger partial charge in [-0.05, 0) is 24.0 Å². The SMILES string of the molecule is CC(C)(C)c1ccc(C2OCCC2C#N)s1. The van der Waals surface area contributed by atoms with Crippen LogP contribution in [0.5, 0.6) is 0 Å². The van der Waals surface area contributed by atoms with Gasteiger partial charge in [0, 0.05) is 16.4 Å². The molecule has 0 amide bonds. The third-order valence-corrected chi connectivity index (χ3v) is 4.48. The van der Waals surface area contributed by atoms with Crippen molar-refractivity contribution >= 4 is 11.3 Å². The summed E-state index contributed by atoms with van der Waals surface area (Å²) in [5, 5.41) is 9.04. The maximum Gasteiger partial charge on any atom is 0.107 e. The first-order valence-electron chi connectivity index (χ1n) is 5.64. The Bertz CT molecular complexity index is 410. The Labute approximate surface area is 101 Å². The van der Waals surface area contributed by atoms with E-state index in [1.165, 1.54) is 9.75 Å². The summed E-state index contributed by atoms with van der Waals surface area (Å²) >= 11 is 1.78. The van der Waals surface area contributed by atoms with Gasteiger partial charge in [0.15, 0.2) is 0 Å². The lowest BCUT2D eigenvalue weighted by molar-refractivity contribution is 0.103. The Balaban J connectivity index is 2.23. The monoisotopic (exact) mass is 235 g/mol. The van der Waals surface area contributed by atoms with E-state index < -0.39 is 0 Å². The molecule has 1 aliphatic rings. The number of nitrogens with zero attached hydrogens (tertiary/aromatic N) is 1. The predicted octanol–water partition coefficient (Wildman–Crippen LogP) is 3.65. The summed E-state index contributed by atoms with van der Waals surface area (Å²) in [7, 11) is 0. The highest BCUT2D eigenvalue weighted by atomic mass is 32.1. The maximum absolute atomic E-state index is 9.04. The molecule has 0 N–H and O–H groups in total. The molecule has 1 aliphatic heterocycles. The molecule has 86 valence electrons. The van der Waals surface area contributed by atoms with Crippen LogP contribution in [0.4, 0.5) is 0 Å². The van der Waals surface area contributed by atoms with Gasteiger partial charge in [0.1, 0.15) is 6.10 Å². The number of hydrogen-bond donors (Lipinski definition) is 0. The third kappa shape index (κ3) is 2.14. The van der Waals surface area contributed by atoms with Gasteiger partial charge < -0.3 is 4.74 Å².